The van der Waals surface area contributed by atoms with Gasteiger partial charge in [-0.05, 0) is 68.8 Å². The van der Waals surface area contributed by atoms with Gasteiger partial charge in [-0.15, -0.1) is 0 Å². The van der Waals surface area contributed by atoms with E-state index in [1.165, 1.54) is 0 Å². The topological polar surface area (TPSA) is 81.6 Å². The molecule has 7 heteroatoms. The zero-order valence-corrected chi connectivity index (χ0v) is 21.2. The van der Waals surface area contributed by atoms with Crippen molar-refractivity contribution in [2.24, 2.45) is 0 Å². The second-order valence-corrected chi connectivity index (χ2v) is 10.7. The molecule has 2 unspecified atom stereocenters. The van der Waals surface area contributed by atoms with Crippen molar-refractivity contribution in [3.63, 3.8) is 0 Å². The largest absolute Gasteiger partial charge is 0.507 e. The summed E-state index contributed by atoms with van der Waals surface area (Å²) in [5.41, 5.74) is 2.90. The molecule has 0 spiro atoms. The summed E-state index contributed by atoms with van der Waals surface area (Å²) in [6.45, 7) is 3.43. The van der Waals surface area contributed by atoms with Gasteiger partial charge in [-0.3, -0.25) is 4.79 Å². The van der Waals surface area contributed by atoms with Crippen LogP contribution >= 0.6 is 0 Å². The molecule has 4 heterocycles. The van der Waals surface area contributed by atoms with Gasteiger partial charge in [0.2, 0.25) is 5.91 Å². The third-order valence-electron chi connectivity index (χ3n) is 8.66. The maximum absolute atomic E-state index is 14.5. The third kappa shape index (κ3) is 4.46. The minimum atomic E-state index is -0.516. The van der Waals surface area contributed by atoms with Gasteiger partial charge >= 0.3 is 0 Å². The lowest BCUT2D eigenvalue weighted by Gasteiger charge is -2.50. The highest BCUT2D eigenvalue weighted by atomic mass is 16.3. The quantitative estimate of drug-likeness (QED) is 0.564. The number of likely N-dealkylation sites (tertiary alicyclic amines) is 1. The second kappa shape index (κ2) is 10.1. The fraction of sp³-hybridized carbons (Fsp3) is 0.433. The Labute approximate surface area is 218 Å². The Bertz CT molecular complexity index is 1240. The van der Waals surface area contributed by atoms with Crippen molar-refractivity contribution in [1.29, 1.82) is 0 Å². The molecule has 3 aliphatic rings. The summed E-state index contributed by atoms with van der Waals surface area (Å²) < 4.78 is 0. The molecule has 2 aromatic carbocycles. The van der Waals surface area contributed by atoms with Crippen LogP contribution in [0.25, 0.3) is 11.3 Å². The first-order valence-electron chi connectivity index (χ1n) is 13.6. The lowest BCUT2D eigenvalue weighted by Crippen LogP contribution is -2.63. The van der Waals surface area contributed by atoms with Crippen LogP contribution in [0.1, 0.15) is 44.1 Å². The molecule has 0 radical (unpaired) electrons. The average molecular weight is 498 g/mol. The summed E-state index contributed by atoms with van der Waals surface area (Å²) in [6.07, 6.45) is 7.74. The number of carbonyl (C=O) groups is 1. The predicted octanol–water partition coefficient (Wildman–Crippen LogP) is 4.13. The standard InChI is InChI=1S/C30H35N5O2/c36-28-13-5-4-10-24(28)26-20-23(21-32-33-26)34-18-14-30(15-19-34,22-8-2-1-3-9-22)29(37)35-17-7-11-25-27(35)12-6-16-31-25/h1-5,8-10,13,20-21,25,27,31,36H,6-7,11-12,14-19H2. The Balaban J connectivity index is 1.27. The Morgan fingerprint density at radius 1 is 0.973 bits per heavy atom. The van der Waals surface area contributed by atoms with Gasteiger partial charge in [-0.1, -0.05) is 42.5 Å². The predicted molar refractivity (Wildman–Crippen MR) is 144 cm³/mol. The summed E-state index contributed by atoms with van der Waals surface area (Å²) in [4.78, 5) is 19.0. The average Bonchev–Trinajstić information content (AvgIpc) is 2.97. The molecule has 0 saturated carbocycles. The van der Waals surface area contributed by atoms with Gasteiger partial charge in [-0.2, -0.15) is 10.2 Å². The van der Waals surface area contributed by atoms with Crippen molar-refractivity contribution in [3.05, 3.63) is 72.4 Å². The number of piperidine rings is 3. The van der Waals surface area contributed by atoms with Crippen molar-refractivity contribution >= 4 is 11.6 Å². The maximum atomic E-state index is 14.5. The van der Waals surface area contributed by atoms with E-state index >= 15 is 0 Å². The maximum Gasteiger partial charge on any atom is 0.233 e. The van der Waals surface area contributed by atoms with Crippen LogP contribution in [0.15, 0.2) is 66.9 Å². The number of aromatic hydroxyl groups is 1. The molecule has 7 nitrogen and oxygen atoms in total. The van der Waals surface area contributed by atoms with E-state index in [-0.39, 0.29) is 5.75 Å². The highest BCUT2D eigenvalue weighted by Crippen LogP contribution is 2.41. The number of benzene rings is 2. The number of aromatic nitrogens is 2. The number of hydrogen-bond acceptors (Lipinski definition) is 6. The lowest BCUT2D eigenvalue weighted by atomic mass is 9.70. The van der Waals surface area contributed by atoms with Crippen molar-refractivity contribution in [2.45, 2.75) is 56.0 Å². The van der Waals surface area contributed by atoms with E-state index in [2.05, 4.69) is 49.6 Å². The van der Waals surface area contributed by atoms with E-state index in [4.69, 9.17) is 0 Å². The van der Waals surface area contributed by atoms with Crippen molar-refractivity contribution in [1.82, 2.24) is 20.4 Å². The van der Waals surface area contributed by atoms with Gasteiger partial charge in [0.1, 0.15) is 5.75 Å². The van der Waals surface area contributed by atoms with Gasteiger partial charge in [0.05, 0.1) is 23.0 Å². The van der Waals surface area contributed by atoms with Crippen LogP contribution in [0.4, 0.5) is 5.69 Å². The number of para-hydroxylation sites is 1. The van der Waals surface area contributed by atoms with Gasteiger partial charge < -0.3 is 20.2 Å². The first-order chi connectivity index (χ1) is 18.2. The number of rotatable bonds is 4. The fourth-order valence-electron chi connectivity index (χ4n) is 6.66. The van der Waals surface area contributed by atoms with Gasteiger partial charge in [0.15, 0.2) is 0 Å². The SMILES string of the molecule is O=C(N1CCCC2NCCCC21)C1(c2ccccc2)CCN(c2cnnc(-c3ccccc3O)c2)CC1. The molecule has 1 amide bonds. The van der Waals surface area contributed by atoms with Gasteiger partial charge in [0.25, 0.3) is 0 Å². The highest BCUT2D eigenvalue weighted by Gasteiger charge is 2.48. The molecule has 192 valence electrons. The Hall–Kier alpha value is -3.45. The number of amides is 1. The van der Waals surface area contributed by atoms with Crippen LogP contribution in [0.3, 0.4) is 0 Å². The van der Waals surface area contributed by atoms with E-state index < -0.39 is 5.41 Å². The number of carbonyl (C=O) groups excluding carboxylic acids is 1. The summed E-state index contributed by atoms with van der Waals surface area (Å²) in [5.74, 6) is 0.498. The van der Waals surface area contributed by atoms with E-state index in [0.29, 0.717) is 29.2 Å². The van der Waals surface area contributed by atoms with Crippen LogP contribution in [-0.2, 0) is 10.2 Å². The van der Waals surface area contributed by atoms with E-state index in [1.54, 1.807) is 18.3 Å². The Kier molecular flexibility index (Phi) is 6.55. The monoisotopic (exact) mass is 497 g/mol. The number of nitrogens with one attached hydrogen (secondary N) is 1. The number of hydrogen-bond donors (Lipinski definition) is 2. The number of fused-ring (bicyclic) bond motifs is 1. The molecular weight excluding hydrogens is 462 g/mol. The molecule has 3 fully saturated rings. The molecule has 2 atom stereocenters. The normalized spacial score (nSPS) is 23.4. The summed E-state index contributed by atoms with van der Waals surface area (Å²) in [6, 6.07) is 20.3. The third-order valence-corrected chi connectivity index (χ3v) is 8.66. The Morgan fingerprint density at radius 2 is 1.76 bits per heavy atom. The van der Waals surface area contributed by atoms with Crippen molar-refractivity contribution in [3.8, 4) is 17.0 Å². The fourth-order valence-corrected chi connectivity index (χ4v) is 6.66. The minimum Gasteiger partial charge on any atom is -0.507 e. The molecule has 0 bridgehead atoms. The number of phenolic OH excluding ortho intramolecular Hbond substituents is 1. The lowest BCUT2D eigenvalue weighted by molar-refractivity contribution is -0.143. The molecule has 1 aromatic heterocycles. The van der Waals surface area contributed by atoms with E-state index in [1.807, 2.05) is 24.3 Å². The molecular formula is C30H35N5O2. The molecule has 37 heavy (non-hydrogen) atoms. The van der Waals surface area contributed by atoms with E-state index in [9.17, 15) is 9.90 Å². The van der Waals surface area contributed by atoms with Crippen molar-refractivity contribution < 1.29 is 9.90 Å². The number of phenols is 1. The molecule has 3 aromatic rings. The molecule has 3 aliphatic heterocycles. The van der Waals surface area contributed by atoms with Crippen LogP contribution in [0.5, 0.6) is 5.75 Å². The van der Waals surface area contributed by atoms with E-state index in [0.717, 1.165) is 76.0 Å². The van der Waals surface area contributed by atoms with Crippen molar-refractivity contribution in [2.75, 3.05) is 31.1 Å². The summed E-state index contributed by atoms with van der Waals surface area (Å²) in [7, 11) is 0. The smallest absolute Gasteiger partial charge is 0.233 e. The highest BCUT2D eigenvalue weighted by molar-refractivity contribution is 5.89. The summed E-state index contributed by atoms with van der Waals surface area (Å²) >= 11 is 0. The minimum absolute atomic E-state index is 0.193. The van der Waals surface area contributed by atoms with Crippen LogP contribution in [-0.4, -0.2) is 64.4 Å². The number of nitrogens with zero attached hydrogens (tertiary/aromatic N) is 4. The van der Waals surface area contributed by atoms with Crippen LogP contribution in [0.2, 0.25) is 0 Å². The molecule has 6 rings (SSSR count). The Morgan fingerprint density at radius 3 is 2.57 bits per heavy atom. The number of anilines is 1. The van der Waals surface area contributed by atoms with Crippen LogP contribution < -0.4 is 10.2 Å². The first-order valence-corrected chi connectivity index (χ1v) is 13.6. The zero-order chi connectivity index (χ0) is 25.2. The second-order valence-electron chi connectivity index (χ2n) is 10.7. The molecule has 0 aliphatic carbocycles. The van der Waals surface area contributed by atoms with Gasteiger partial charge in [-0.25, -0.2) is 0 Å². The molecule has 3 saturated heterocycles. The van der Waals surface area contributed by atoms with Crippen LogP contribution in [0, 0.1) is 0 Å². The first kappa shape index (κ1) is 23.9. The molecule has 2 N–H and O–H groups in total. The summed E-state index contributed by atoms with van der Waals surface area (Å²) in [5, 5.41) is 22.5. The zero-order valence-electron chi connectivity index (χ0n) is 21.2. The van der Waals surface area contributed by atoms with Gasteiger partial charge in [0, 0.05) is 37.3 Å².